The maximum Gasteiger partial charge on any atom is 0.212 e. The molecular weight excluding hydrogens is 198 g/mol. The van der Waals surface area contributed by atoms with Crippen molar-refractivity contribution in [3.63, 3.8) is 0 Å². The predicted molar refractivity (Wildman–Crippen MR) is 54.4 cm³/mol. The summed E-state index contributed by atoms with van der Waals surface area (Å²) < 4.78 is 25.1. The molecule has 1 unspecified atom stereocenters. The van der Waals surface area contributed by atoms with E-state index in [1.165, 1.54) is 12.7 Å². The van der Waals surface area contributed by atoms with E-state index in [2.05, 4.69) is 12.2 Å². The molecule has 2 fully saturated rings. The third kappa shape index (κ3) is 0.762. The summed E-state index contributed by atoms with van der Waals surface area (Å²) in [5.41, 5.74) is -0.00926. The predicted octanol–water partition coefficient (Wildman–Crippen LogP) is 1.27. The second-order valence-electron chi connectivity index (χ2n) is 4.82. The van der Waals surface area contributed by atoms with Gasteiger partial charge in [-0.15, -0.1) is 0 Å². The Bertz CT molecular complexity index is 392. The topological polar surface area (TPSA) is 37.1 Å². The second kappa shape index (κ2) is 2.25. The van der Waals surface area contributed by atoms with Crippen LogP contribution in [0.25, 0.3) is 0 Å². The smallest absolute Gasteiger partial charge is 0.212 e. The van der Waals surface area contributed by atoms with E-state index < -0.39 is 10.0 Å². The van der Waals surface area contributed by atoms with E-state index in [9.17, 15) is 8.42 Å². The molecule has 3 aliphatic rings. The number of nitrogens with zero attached hydrogens (tertiary/aromatic N) is 1. The van der Waals surface area contributed by atoms with Crippen LogP contribution in [0.2, 0.25) is 0 Å². The van der Waals surface area contributed by atoms with Crippen molar-refractivity contribution in [1.29, 1.82) is 0 Å². The number of rotatable bonds is 1. The summed E-state index contributed by atoms with van der Waals surface area (Å²) in [5.74, 6) is 0. The molecule has 2 aliphatic carbocycles. The van der Waals surface area contributed by atoms with Crippen LogP contribution in [0.3, 0.4) is 0 Å². The molecule has 1 saturated heterocycles. The molecule has 1 heterocycles. The molecule has 3 nitrogen and oxygen atoms in total. The average Bonchev–Trinajstić information content (AvgIpc) is 2.51. The van der Waals surface area contributed by atoms with Gasteiger partial charge in [-0.05, 0) is 32.1 Å². The fraction of sp³-hybridized carbons (Fsp3) is 0.800. The first-order chi connectivity index (χ1) is 6.53. The Balaban J connectivity index is 2.09. The summed E-state index contributed by atoms with van der Waals surface area (Å²) in [4.78, 5) is 0. The van der Waals surface area contributed by atoms with Crippen LogP contribution in [-0.4, -0.2) is 30.1 Å². The largest absolute Gasteiger partial charge is 0.212 e. The molecule has 0 spiro atoms. The van der Waals surface area contributed by atoms with Crippen LogP contribution in [0.15, 0.2) is 12.2 Å². The fourth-order valence-corrected chi connectivity index (χ4v) is 5.71. The van der Waals surface area contributed by atoms with Crippen LogP contribution in [0.1, 0.15) is 32.1 Å². The molecule has 1 saturated carbocycles. The quantitative estimate of drug-likeness (QED) is 0.486. The van der Waals surface area contributed by atoms with E-state index in [1.807, 2.05) is 0 Å². The Morgan fingerprint density at radius 2 is 1.64 bits per heavy atom. The molecule has 0 aromatic carbocycles. The summed E-state index contributed by atoms with van der Waals surface area (Å²) in [7, 11) is -3.00. The summed E-state index contributed by atoms with van der Waals surface area (Å²) in [6.45, 7) is 0. The zero-order valence-corrected chi connectivity index (χ0v) is 9.18. The van der Waals surface area contributed by atoms with Crippen molar-refractivity contribution in [3.8, 4) is 0 Å². The third-order valence-corrected chi connectivity index (χ3v) is 5.55. The van der Waals surface area contributed by atoms with Crippen molar-refractivity contribution in [2.75, 3.05) is 6.26 Å². The molecule has 0 aromatic rings. The molecule has 1 aliphatic heterocycles. The number of sulfonamides is 1. The van der Waals surface area contributed by atoms with E-state index in [-0.39, 0.29) is 11.1 Å². The lowest BCUT2D eigenvalue weighted by atomic mass is 9.86. The molecule has 3 rings (SSSR count). The van der Waals surface area contributed by atoms with Crippen LogP contribution in [-0.2, 0) is 10.0 Å². The van der Waals surface area contributed by atoms with Gasteiger partial charge >= 0.3 is 0 Å². The lowest BCUT2D eigenvalue weighted by Gasteiger charge is -2.14. The van der Waals surface area contributed by atoms with E-state index in [0.29, 0.717) is 0 Å². The van der Waals surface area contributed by atoms with Crippen molar-refractivity contribution in [1.82, 2.24) is 4.31 Å². The highest BCUT2D eigenvalue weighted by atomic mass is 32.2. The van der Waals surface area contributed by atoms with Crippen molar-refractivity contribution >= 4 is 10.0 Å². The maximum atomic E-state index is 11.7. The van der Waals surface area contributed by atoms with Gasteiger partial charge in [0.2, 0.25) is 10.0 Å². The highest BCUT2D eigenvalue weighted by Gasteiger charge is 2.79. The van der Waals surface area contributed by atoms with E-state index >= 15 is 0 Å². The number of hydrogen-bond acceptors (Lipinski definition) is 2. The van der Waals surface area contributed by atoms with Crippen molar-refractivity contribution < 1.29 is 8.42 Å². The Labute approximate surface area is 84.8 Å². The zero-order chi connectivity index (χ0) is 10.0. The van der Waals surface area contributed by atoms with E-state index in [4.69, 9.17) is 0 Å². The molecule has 0 amide bonds. The van der Waals surface area contributed by atoms with Crippen LogP contribution in [0, 0.1) is 0 Å². The molecular formula is C10H15NO2S. The van der Waals surface area contributed by atoms with E-state index in [1.54, 1.807) is 4.31 Å². The SMILES string of the molecule is CS(=O)(=O)N1[C@@]23CC=CC[C@@]12CCC3. The van der Waals surface area contributed by atoms with Crippen molar-refractivity contribution in [2.24, 2.45) is 0 Å². The number of piperidine rings is 1. The zero-order valence-electron chi connectivity index (χ0n) is 8.36. The standard InChI is InChI=1S/C10H15NO2S/c1-14(12,13)11-9-5-2-3-6-10(9,11)8-4-7-9/h2-3H,4-8H2,1H3/t9-,10+,11?. The van der Waals surface area contributed by atoms with E-state index in [0.717, 1.165) is 25.7 Å². The van der Waals surface area contributed by atoms with Gasteiger partial charge in [-0.1, -0.05) is 12.2 Å². The highest BCUT2D eigenvalue weighted by Crippen LogP contribution is 2.68. The molecule has 78 valence electrons. The minimum atomic E-state index is -3.00. The monoisotopic (exact) mass is 213 g/mol. The molecule has 3 atom stereocenters. The molecule has 0 radical (unpaired) electrons. The van der Waals surface area contributed by atoms with Crippen LogP contribution < -0.4 is 0 Å². The maximum absolute atomic E-state index is 11.7. The normalized spacial score (nSPS) is 49.9. The van der Waals surface area contributed by atoms with Gasteiger partial charge in [-0.2, -0.15) is 4.31 Å². The lowest BCUT2D eigenvalue weighted by molar-refractivity contribution is 0.447. The fourth-order valence-electron chi connectivity index (χ4n) is 3.81. The highest BCUT2D eigenvalue weighted by molar-refractivity contribution is 7.88. The molecule has 0 aromatic heterocycles. The lowest BCUT2D eigenvalue weighted by Crippen LogP contribution is -2.22. The van der Waals surface area contributed by atoms with Crippen molar-refractivity contribution in [3.05, 3.63) is 12.2 Å². The van der Waals surface area contributed by atoms with Gasteiger partial charge < -0.3 is 0 Å². The third-order valence-electron chi connectivity index (χ3n) is 4.18. The van der Waals surface area contributed by atoms with Gasteiger partial charge in [0.05, 0.1) is 17.3 Å². The summed E-state index contributed by atoms with van der Waals surface area (Å²) in [6.07, 6.45) is 10.8. The first-order valence-corrected chi connectivity index (χ1v) is 7.03. The summed E-state index contributed by atoms with van der Waals surface area (Å²) in [5, 5.41) is 0. The summed E-state index contributed by atoms with van der Waals surface area (Å²) in [6, 6.07) is 0. The number of hydrogen-bond donors (Lipinski definition) is 0. The summed E-state index contributed by atoms with van der Waals surface area (Å²) >= 11 is 0. The Hall–Kier alpha value is -0.350. The van der Waals surface area contributed by atoms with Crippen LogP contribution in [0.5, 0.6) is 0 Å². The van der Waals surface area contributed by atoms with Gasteiger partial charge in [0.25, 0.3) is 0 Å². The van der Waals surface area contributed by atoms with Crippen LogP contribution in [0.4, 0.5) is 0 Å². The minimum Gasteiger partial charge on any atom is -0.212 e. The van der Waals surface area contributed by atoms with Crippen molar-refractivity contribution in [2.45, 2.75) is 43.2 Å². The van der Waals surface area contributed by atoms with Crippen LogP contribution >= 0.6 is 0 Å². The van der Waals surface area contributed by atoms with Gasteiger partial charge in [0.15, 0.2) is 0 Å². The minimum absolute atomic E-state index is 0.00463. The van der Waals surface area contributed by atoms with Gasteiger partial charge in [0, 0.05) is 0 Å². The van der Waals surface area contributed by atoms with Gasteiger partial charge in [-0.25, -0.2) is 8.42 Å². The first kappa shape index (κ1) is 8.92. The molecule has 14 heavy (non-hydrogen) atoms. The Morgan fingerprint density at radius 1 is 1.14 bits per heavy atom. The Morgan fingerprint density at radius 3 is 2.07 bits per heavy atom. The molecule has 0 bridgehead atoms. The molecule has 4 heteroatoms. The Kier molecular flexibility index (Phi) is 1.43. The van der Waals surface area contributed by atoms with Gasteiger partial charge in [0.1, 0.15) is 0 Å². The first-order valence-electron chi connectivity index (χ1n) is 5.19. The van der Waals surface area contributed by atoms with Gasteiger partial charge in [-0.3, -0.25) is 0 Å². The average molecular weight is 213 g/mol. The second-order valence-corrected chi connectivity index (χ2v) is 6.65. The molecule has 0 N–H and O–H groups in total.